The van der Waals surface area contributed by atoms with E-state index in [1.54, 1.807) is 0 Å². The van der Waals surface area contributed by atoms with Crippen LogP contribution in [0.1, 0.15) is 27.0 Å². The molecule has 8 nitrogen and oxygen atoms in total. The first-order chi connectivity index (χ1) is 14.9. The van der Waals surface area contributed by atoms with E-state index in [2.05, 4.69) is 20.8 Å². The Balaban J connectivity index is 1.51. The van der Waals surface area contributed by atoms with E-state index in [1.165, 1.54) is 0 Å². The first-order valence-electron chi connectivity index (χ1n) is 9.84. The van der Waals surface area contributed by atoms with Crippen molar-refractivity contribution >= 4 is 23.2 Å². The van der Waals surface area contributed by atoms with Crippen LogP contribution in [0.25, 0.3) is 5.69 Å². The first-order valence-corrected chi connectivity index (χ1v) is 9.84. The maximum Gasteiger partial charge on any atom is 0.256 e. The normalized spacial score (nSPS) is 10.8. The van der Waals surface area contributed by atoms with Crippen molar-refractivity contribution < 1.29 is 9.90 Å². The molecular formula is C23H24N6O2. The van der Waals surface area contributed by atoms with Gasteiger partial charge in [-0.25, -0.2) is 0 Å². The van der Waals surface area contributed by atoms with Crippen LogP contribution in [0.2, 0.25) is 0 Å². The number of phenolic OH excluding ortho intramolecular Hbond substituents is 1. The van der Waals surface area contributed by atoms with Gasteiger partial charge >= 0.3 is 0 Å². The van der Waals surface area contributed by atoms with Crippen LogP contribution in [0.5, 0.6) is 5.75 Å². The number of nitrogens with zero attached hydrogens (tertiary/aromatic N) is 2. The van der Waals surface area contributed by atoms with E-state index in [0.717, 1.165) is 28.1 Å². The molecule has 2 aromatic carbocycles. The van der Waals surface area contributed by atoms with E-state index in [4.69, 9.17) is 5.73 Å². The van der Waals surface area contributed by atoms with Crippen LogP contribution in [0, 0.1) is 13.8 Å². The molecule has 0 saturated heterocycles. The Morgan fingerprint density at radius 3 is 2.39 bits per heavy atom. The molecule has 0 aliphatic heterocycles. The lowest BCUT2D eigenvalue weighted by atomic mass is 10.1. The molecule has 0 radical (unpaired) electrons. The van der Waals surface area contributed by atoms with Gasteiger partial charge < -0.3 is 26.0 Å². The summed E-state index contributed by atoms with van der Waals surface area (Å²) in [5, 5.41) is 23.3. The van der Waals surface area contributed by atoms with Crippen molar-refractivity contribution in [3.05, 3.63) is 83.2 Å². The monoisotopic (exact) mass is 416 g/mol. The van der Waals surface area contributed by atoms with Crippen molar-refractivity contribution in [2.45, 2.75) is 20.4 Å². The molecule has 2 heterocycles. The minimum Gasteiger partial charge on any atom is -0.507 e. The number of aromatic amines is 1. The number of hydrogen-bond donors (Lipinski definition) is 5. The van der Waals surface area contributed by atoms with Crippen LogP contribution >= 0.6 is 0 Å². The Kier molecular flexibility index (Phi) is 5.36. The fourth-order valence-corrected chi connectivity index (χ4v) is 3.50. The number of benzene rings is 2. The predicted octanol–water partition coefficient (Wildman–Crippen LogP) is 3.98. The molecule has 1 amide bonds. The second-order valence-electron chi connectivity index (χ2n) is 7.38. The number of phenols is 1. The molecule has 0 spiro atoms. The summed E-state index contributed by atoms with van der Waals surface area (Å²) in [6.07, 6.45) is 3.94. The molecule has 8 heteroatoms. The van der Waals surface area contributed by atoms with Crippen LogP contribution < -0.4 is 16.4 Å². The summed E-state index contributed by atoms with van der Waals surface area (Å²) in [7, 11) is 0. The van der Waals surface area contributed by atoms with Crippen LogP contribution in [0.3, 0.4) is 0 Å². The second kappa shape index (κ2) is 8.27. The topological polar surface area (TPSA) is 121 Å². The smallest absolute Gasteiger partial charge is 0.256 e. The zero-order valence-corrected chi connectivity index (χ0v) is 17.3. The Labute approximate surface area is 179 Å². The summed E-state index contributed by atoms with van der Waals surface area (Å²) >= 11 is 0. The molecule has 31 heavy (non-hydrogen) atoms. The van der Waals surface area contributed by atoms with E-state index in [9.17, 15) is 9.90 Å². The highest BCUT2D eigenvalue weighted by Gasteiger charge is 2.19. The van der Waals surface area contributed by atoms with Crippen LogP contribution in [0.4, 0.5) is 17.3 Å². The predicted molar refractivity (Wildman–Crippen MR) is 121 cm³/mol. The number of aryl methyl sites for hydroxylation is 2. The summed E-state index contributed by atoms with van der Waals surface area (Å²) < 4.78 is 2.00. The van der Waals surface area contributed by atoms with Gasteiger partial charge in [0.25, 0.3) is 5.91 Å². The third-order valence-electron chi connectivity index (χ3n) is 5.07. The van der Waals surface area contributed by atoms with Gasteiger partial charge in [-0.2, -0.15) is 5.10 Å². The highest BCUT2D eigenvalue weighted by Crippen LogP contribution is 2.27. The fraction of sp³-hybridized carbons (Fsp3) is 0.130. The lowest BCUT2D eigenvalue weighted by molar-refractivity contribution is 0.100. The van der Waals surface area contributed by atoms with Gasteiger partial charge in [0.15, 0.2) is 5.82 Å². The van der Waals surface area contributed by atoms with Gasteiger partial charge in [0, 0.05) is 30.3 Å². The number of H-pyrrole nitrogens is 1. The molecule has 0 bridgehead atoms. The Morgan fingerprint density at radius 1 is 1.13 bits per heavy atom. The van der Waals surface area contributed by atoms with E-state index < -0.39 is 5.91 Å². The van der Waals surface area contributed by atoms with Crippen molar-refractivity contribution in [1.82, 2.24) is 14.8 Å². The highest BCUT2D eigenvalue weighted by molar-refractivity contribution is 6.03. The summed E-state index contributed by atoms with van der Waals surface area (Å²) in [6, 6.07) is 15.5. The number of rotatable bonds is 7. The molecule has 0 aliphatic carbocycles. The summed E-state index contributed by atoms with van der Waals surface area (Å²) in [6.45, 7) is 4.14. The van der Waals surface area contributed by atoms with Gasteiger partial charge in [0.05, 0.1) is 0 Å². The molecule has 6 N–H and O–H groups in total. The third-order valence-corrected chi connectivity index (χ3v) is 5.07. The van der Waals surface area contributed by atoms with Crippen molar-refractivity contribution in [2.24, 2.45) is 5.73 Å². The molecule has 0 unspecified atom stereocenters. The summed E-state index contributed by atoms with van der Waals surface area (Å²) in [4.78, 5) is 12.1. The maximum absolute atomic E-state index is 12.1. The molecule has 4 aromatic rings. The van der Waals surface area contributed by atoms with Crippen LogP contribution in [-0.4, -0.2) is 25.8 Å². The number of primary amides is 1. The molecule has 4 rings (SSSR count). The summed E-state index contributed by atoms with van der Waals surface area (Å²) in [5.41, 5.74) is 10.2. The standard InChI is InChI=1S/C23H24N6O2/c1-14-11-16(12-15(2)20(14)30)13-25-22-19(21(24)31)23(28-27-22)26-17-5-7-18(8-6-17)29-9-3-4-10-29/h3-12,30H,13H2,1-2H3,(H2,24,31)(H3,25,26,27,28). The molecule has 2 aromatic heterocycles. The number of nitrogens with two attached hydrogens (primary N) is 1. The maximum atomic E-state index is 12.1. The third kappa shape index (κ3) is 4.23. The number of aromatic nitrogens is 3. The van der Waals surface area contributed by atoms with Gasteiger partial charge in [-0.15, -0.1) is 0 Å². The largest absolute Gasteiger partial charge is 0.507 e. The molecular weight excluding hydrogens is 392 g/mol. The average molecular weight is 416 g/mol. The average Bonchev–Trinajstić information content (AvgIpc) is 3.41. The van der Waals surface area contributed by atoms with Gasteiger partial charge in [0.2, 0.25) is 0 Å². The van der Waals surface area contributed by atoms with Crippen LogP contribution in [0.15, 0.2) is 60.9 Å². The lowest BCUT2D eigenvalue weighted by Gasteiger charge is -2.10. The van der Waals surface area contributed by atoms with Crippen molar-refractivity contribution in [3.63, 3.8) is 0 Å². The Hall–Kier alpha value is -4.20. The number of aromatic hydroxyl groups is 1. The number of carbonyl (C=O) groups is 1. The quantitative estimate of drug-likeness (QED) is 0.312. The Morgan fingerprint density at radius 2 is 1.77 bits per heavy atom. The minimum absolute atomic E-state index is 0.252. The highest BCUT2D eigenvalue weighted by atomic mass is 16.3. The van der Waals surface area contributed by atoms with Gasteiger partial charge in [-0.1, -0.05) is 12.1 Å². The zero-order valence-electron chi connectivity index (χ0n) is 17.3. The molecule has 0 saturated carbocycles. The van der Waals surface area contributed by atoms with E-state index in [-0.39, 0.29) is 11.3 Å². The minimum atomic E-state index is -0.597. The SMILES string of the molecule is Cc1cc(CNc2[nH]nc(Nc3ccc(-n4cccc4)cc3)c2C(N)=O)cc(C)c1O. The number of nitrogens with one attached hydrogen (secondary N) is 3. The molecule has 0 fully saturated rings. The van der Waals surface area contributed by atoms with Gasteiger partial charge in [-0.3, -0.25) is 9.89 Å². The number of carbonyl (C=O) groups excluding carboxylic acids is 1. The fourth-order valence-electron chi connectivity index (χ4n) is 3.50. The van der Waals surface area contributed by atoms with Crippen LogP contribution in [-0.2, 0) is 6.54 Å². The zero-order chi connectivity index (χ0) is 22.0. The summed E-state index contributed by atoms with van der Waals surface area (Å²) in [5.74, 6) is 0.474. The van der Waals surface area contributed by atoms with Gasteiger partial charge in [0.1, 0.15) is 17.1 Å². The number of amides is 1. The first kappa shape index (κ1) is 20.1. The van der Waals surface area contributed by atoms with Gasteiger partial charge in [-0.05, 0) is 66.9 Å². The molecule has 0 atom stereocenters. The second-order valence-corrected chi connectivity index (χ2v) is 7.38. The van der Waals surface area contributed by atoms with Crippen molar-refractivity contribution in [1.29, 1.82) is 0 Å². The van der Waals surface area contributed by atoms with E-state index in [1.807, 2.05) is 79.3 Å². The Bertz CT molecular complexity index is 1190. The number of hydrogen-bond acceptors (Lipinski definition) is 5. The van der Waals surface area contributed by atoms with Crippen molar-refractivity contribution in [2.75, 3.05) is 10.6 Å². The molecule has 0 aliphatic rings. The van der Waals surface area contributed by atoms with E-state index in [0.29, 0.717) is 18.2 Å². The lowest BCUT2D eigenvalue weighted by Crippen LogP contribution is -2.15. The molecule has 158 valence electrons. The number of anilines is 3. The van der Waals surface area contributed by atoms with E-state index >= 15 is 0 Å². The van der Waals surface area contributed by atoms with Crippen molar-refractivity contribution in [3.8, 4) is 11.4 Å².